The van der Waals surface area contributed by atoms with Crippen molar-refractivity contribution in [3.63, 3.8) is 0 Å². The zero-order valence-corrected chi connectivity index (χ0v) is 21.1. The number of rotatable bonds is 8. The Kier molecular flexibility index (Phi) is 6.92. The molecule has 3 aromatic rings. The second-order valence-electron chi connectivity index (χ2n) is 9.45. The van der Waals surface area contributed by atoms with E-state index in [4.69, 9.17) is 14.2 Å². The van der Waals surface area contributed by atoms with Gasteiger partial charge in [0.15, 0.2) is 5.82 Å². The molecular formula is C27H35N5O3. The Hall–Kier alpha value is -3.10. The van der Waals surface area contributed by atoms with Gasteiger partial charge in [0.05, 0.1) is 38.7 Å². The van der Waals surface area contributed by atoms with Gasteiger partial charge in [-0.15, -0.1) is 10.2 Å². The summed E-state index contributed by atoms with van der Waals surface area (Å²) in [5.41, 5.74) is 5.63. The summed E-state index contributed by atoms with van der Waals surface area (Å²) in [5.74, 6) is 3.64. The predicted octanol–water partition coefficient (Wildman–Crippen LogP) is 3.92. The number of morpholine rings is 1. The summed E-state index contributed by atoms with van der Waals surface area (Å²) in [6.45, 7) is 9.96. The molecule has 0 aliphatic carbocycles. The number of ether oxygens (including phenoxy) is 3. The molecule has 0 amide bonds. The molecule has 1 saturated heterocycles. The Morgan fingerprint density at radius 3 is 2.54 bits per heavy atom. The van der Waals surface area contributed by atoms with Crippen molar-refractivity contribution >= 4 is 5.69 Å². The van der Waals surface area contributed by atoms with Crippen LogP contribution < -0.4 is 14.8 Å². The van der Waals surface area contributed by atoms with E-state index >= 15 is 0 Å². The third-order valence-corrected chi connectivity index (χ3v) is 6.94. The minimum Gasteiger partial charge on any atom is -0.496 e. The van der Waals surface area contributed by atoms with E-state index < -0.39 is 0 Å². The summed E-state index contributed by atoms with van der Waals surface area (Å²) >= 11 is 0. The molecule has 35 heavy (non-hydrogen) atoms. The fourth-order valence-corrected chi connectivity index (χ4v) is 5.00. The van der Waals surface area contributed by atoms with Crippen molar-refractivity contribution in [2.75, 3.05) is 58.9 Å². The lowest BCUT2D eigenvalue weighted by atomic mass is 9.97. The molecule has 2 aromatic carbocycles. The van der Waals surface area contributed by atoms with Crippen molar-refractivity contribution < 1.29 is 14.2 Å². The fraction of sp³-hybridized carbons (Fsp3) is 0.481. The fourth-order valence-electron chi connectivity index (χ4n) is 5.00. The lowest BCUT2D eigenvalue weighted by Gasteiger charge is -2.27. The topological polar surface area (TPSA) is 73.7 Å². The Morgan fingerprint density at radius 1 is 1.00 bits per heavy atom. The van der Waals surface area contributed by atoms with Gasteiger partial charge >= 0.3 is 0 Å². The molecule has 0 saturated carbocycles. The maximum Gasteiger partial charge on any atom is 0.172 e. The third-order valence-electron chi connectivity index (χ3n) is 6.94. The molecular weight excluding hydrogens is 442 g/mol. The SMILES string of the molecule is COc1cc(OC)c(C(C)C)cc1-c1nnc2n1-c1ccc(NCCN3CCOCC3)cc1CC2. The largest absolute Gasteiger partial charge is 0.496 e. The lowest BCUT2D eigenvalue weighted by molar-refractivity contribution is 0.0398. The number of aryl methyl sites for hydroxylation is 2. The number of anilines is 1. The maximum atomic E-state index is 5.76. The van der Waals surface area contributed by atoms with Crippen LogP contribution in [0.3, 0.4) is 0 Å². The zero-order valence-electron chi connectivity index (χ0n) is 21.1. The number of hydrogen-bond donors (Lipinski definition) is 1. The smallest absolute Gasteiger partial charge is 0.172 e. The summed E-state index contributed by atoms with van der Waals surface area (Å²) in [7, 11) is 3.38. The van der Waals surface area contributed by atoms with Crippen LogP contribution in [0.1, 0.15) is 36.7 Å². The maximum absolute atomic E-state index is 5.76. The second-order valence-corrected chi connectivity index (χ2v) is 9.45. The number of hydrogen-bond acceptors (Lipinski definition) is 7. The minimum atomic E-state index is 0.303. The highest BCUT2D eigenvalue weighted by Crippen LogP contribution is 2.40. The predicted molar refractivity (Wildman–Crippen MR) is 137 cm³/mol. The number of nitrogens with zero attached hydrogens (tertiary/aromatic N) is 4. The lowest BCUT2D eigenvalue weighted by Crippen LogP contribution is -2.39. The molecule has 5 rings (SSSR count). The Morgan fingerprint density at radius 2 is 1.80 bits per heavy atom. The van der Waals surface area contributed by atoms with Crippen LogP contribution in [-0.4, -0.2) is 73.3 Å². The quantitative estimate of drug-likeness (QED) is 0.527. The van der Waals surface area contributed by atoms with Gasteiger partial charge in [-0.25, -0.2) is 0 Å². The first-order valence-corrected chi connectivity index (χ1v) is 12.5. The summed E-state index contributed by atoms with van der Waals surface area (Å²) in [6.07, 6.45) is 1.80. The van der Waals surface area contributed by atoms with Crippen molar-refractivity contribution in [2.45, 2.75) is 32.6 Å². The van der Waals surface area contributed by atoms with E-state index in [0.29, 0.717) is 5.92 Å². The minimum absolute atomic E-state index is 0.303. The molecule has 0 bridgehead atoms. The van der Waals surface area contributed by atoms with Crippen LogP contribution in [0.5, 0.6) is 11.5 Å². The van der Waals surface area contributed by atoms with E-state index in [9.17, 15) is 0 Å². The van der Waals surface area contributed by atoms with E-state index in [1.165, 1.54) is 5.56 Å². The standard InChI is InChI=1S/C27H35N5O3/c1-18(2)21-16-22(25(34-4)17-24(21)33-3)27-30-29-26-8-5-19-15-20(6-7-23(19)32(26)27)28-9-10-31-11-13-35-14-12-31/h6-7,15-18,28H,5,8-14H2,1-4H3. The van der Waals surface area contributed by atoms with Crippen molar-refractivity contribution in [1.29, 1.82) is 0 Å². The molecule has 1 N–H and O–H groups in total. The summed E-state index contributed by atoms with van der Waals surface area (Å²) in [6, 6.07) is 10.7. The number of fused-ring (bicyclic) bond motifs is 3. The van der Waals surface area contributed by atoms with Crippen LogP contribution in [0, 0.1) is 0 Å². The first kappa shape index (κ1) is 23.6. The van der Waals surface area contributed by atoms with Crippen molar-refractivity contribution in [3.8, 4) is 28.6 Å². The van der Waals surface area contributed by atoms with Crippen molar-refractivity contribution in [1.82, 2.24) is 19.7 Å². The average Bonchev–Trinajstić information content (AvgIpc) is 3.32. The molecule has 3 heterocycles. The molecule has 0 radical (unpaired) electrons. The summed E-state index contributed by atoms with van der Waals surface area (Å²) in [4.78, 5) is 2.44. The van der Waals surface area contributed by atoms with Gasteiger partial charge in [0.1, 0.15) is 17.3 Å². The Balaban J connectivity index is 1.44. The Bertz CT molecular complexity index is 1180. The zero-order chi connectivity index (χ0) is 24.4. The van der Waals surface area contributed by atoms with Crippen LogP contribution in [0.25, 0.3) is 17.1 Å². The van der Waals surface area contributed by atoms with Gasteiger partial charge in [-0.2, -0.15) is 0 Å². The molecule has 186 valence electrons. The van der Waals surface area contributed by atoms with Crippen molar-refractivity contribution in [3.05, 3.63) is 47.3 Å². The molecule has 2 aliphatic heterocycles. The van der Waals surface area contributed by atoms with Crippen LogP contribution in [0.2, 0.25) is 0 Å². The molecule has 2 aliphatic rings. The second kappa shape index (κ2) is 10.3. The molecule has 1 aromatic heterocycles. The van der Waals surface area contributed by atoms with E-state index in [2.05, 4.69) is 63.1 Å². The van der Waals surface area contributed by atoms with Gasteiger partial charge in [0.2, 0.25) is 0 Å². The van der Waals surface area contributed by atoms with Gasteiger partial charge < -0.3 is 19.5 Å². The number of aromatic nitrogens is 3. The van der Waals surface area contributed by atoms with Gasteiger partial charge in [0.25, 0.3) is 0 Å². The molecule has 0 spiro atoms. The highest BCUT2D eigenvalue weighted by molar-refractivity contribution is 5.71. The summed E-state index contributed by atoms with van der Waals surface area (Å²) < 4.78 is 19.0. The summed E-state index contributed by atoms with van der Waals surface area (Å²) in [5, 5.41) is 12.8. The molecule has 0 atom stereocenters. The van der Waals surface area contributed by atoms with E-state index in [1.807, 2.05) is 6.07 Å². The van der Waals surface area contributed by atoms with Gasteiger partial charge in [-0.05, 0) is 47.7 Å². The molecule has 8 heteroatoms. The van der Waals surface area contributed by atoms with Gasteiger partial charge in [0, 0.05) is 44.4 Å². The molecule has 8 nitrogen and oxygen atoms in total. The van der Waals surface area contributed by atoms with Gasteiger partial charge in [-0.1, -0.05) is 13.8 Å². The van der Waals surface area contributed by atoms with Crippen LogP contribution >= 0.6 is 0 Å². The van der Waals surface area contributed by atoms with E-state index in [1.54, 1.807) is 14.2 Å². The normalized spacial score (nSPS) is 15.6. The molecule has 0 unspecified atom stereocenters. The molecule has 1 fully saturated rings. The highest BCUT2D eigenvalue weighted by Gasteiger charge is 2.25. The van der Waals surface area contributed by atoms with Crippen LogP contribution in [0.4, 0.5) is 5.69 Å². The first-order chi connectivity index (χ1) is 17.1. The number of nitrogens with one attached hydrogen (secondary N) is 1. The third kappa shape index (κ3) is 4.73. The average molecular weight is 478 g/mol. The monoisotopic (exact) mass is 477 g/mol. The van der Waals surface area contributed by atoms with Gasteiger partial charge in [-0.3, -0.25) is 9.47 Å². The van der Waals surface area contributed by atoms with Crippen LogP contribution in [-0.2, 0) is 17.6 Å². The first-order valence-electron chi connectivity index (χ1n) is 12.5. The Labute approximate surface area is 207 Å². The van der Waals surface area contributed by atoms with Crippen molar-refractivity contribution in [2.24, 2.45) is 0 Å². The highest BCUT2D eigenvalue weighted by atomic mass is 16.5. The van der Waals surface area contributed by atoms with Crippen LogP contribution in [0.15, 0.2) is 30.3 Å². The van der Waals surface area contributed by atoms with E-state index in [0.717, 1.165) is 97.9 Å². The number of benzene rings is 2. The van der Waals surface area contributed by atoms with E-state index in [-0.39, 0.29) is 0 Å². The number of methoxy groups -OCH3 is 2.